The van der Waals surface area contributed by atoms with Crippen molar-refractivity contribution < 1.29 is 22.7 Å². The summed E-state index contributed by atoms with van der Waals surface area (Å²) in [7, 11) is -4.02. The molecule has 188 valence electrons. The molecular formula is C27H29N3O5S. The lowest BCUT2D eigenvalue weighted by atomic mass is 10.2. The molecule has 8 nitrogen and oxygen atoms in total. The zero-order chi connectivity index (χ0) is 26.0. The minimum absolute atomic E-state index is 0.0806. The minimum atomic E-state index is -4.02. The van der Waals surface area contributed by atoms with Crippen LogP contribution in [0, 0.1) is 6.92 Å². The highest BCUT2D eigenvalue weighted by Gasteiger charge is 2.27. The Labute approximate surface area is 211 Å². The van der Waals surface area contributed by atoms with Crippen molar-refractivity contribution in [2.24, 2.45) is 5.10 Å². The van der Waals surface area contributed by atoms with Gasteiger partial charge in [0.25, 0.3) is 15.9 Å². The van der Waals surface area contributed by atoms with Gasteiger partial charge in [-0.2, -0.15) is 5.10 Å². The molecule has 0 saturated carbocycles. The van der Waals surface area contributed by atoms with Crippen molar-refractivity contribution in [2.75, 3.05) is 24.1 Å². The number of anilines is 1. The monoisotopic (exact) mass is 507 g/mol. The Morgan fingerprint density at radius 3 is 2.19 bits per heavy atom. The molecule has 0 aliphatic rings. The maximum Gasteiger partial charge on any atom is 0.264 e. The summed E-state index contributed by atoms with van der Waals surface area (Å²) in [6, 6.07) is 20.1. The highest BCUT2D eigenvalue weighted by atomic mass is 32.2. The molecule has 3 aromatic carbocycles. The van der Waals surface area contributed by atoms with E-state index in [0.717, 1.165) is 15.4 Å². The Kier molecular flexibility index (Phi) is 9.24. The third kappa shape index (κ3) is 7.19. The second-order valence-electron chi connectivity index (χ2n) is 7.71. The van der Waals surface area contributed by atoms with Gasteiger partial charge in [-0.05, 0) is 80.1 Å². The molecule has 0 saturated heterocycles. The first-order chi connectivity index (χ1) is 17.3. The summed E-state index contributed by atoms with van der Waals surface area (Å²) in [6.45, 7) is 7.75. The molecule has 1 N–H and O–H groups in total. The van der Waals surface area contributed by atoms with Crippen molar-refractivity contribution in [1.29, 1.82) is 0 Å². The highest BCUT2D eigenvalue weighted by molar-refractivity contribution is 7.92. The van der Waals surface area contributed by atoms with Gasteiger partial charge in [0.05, 0.1) is 23.4 Å². The number of aryl methyl sites for hydroxylation is 1. The fourth-order valence-electron chi connectivity index (χ4n) is 3.18. The predicted molar refractivity (Wildman–Crippen MR) is 141 cm³/mol. The Morgan fingerprint density at radius 2 is 1.58 bits per heavy atom. The number of hydrogen-bond donors (Lipinski definition) is 1. The van der Waals surface area contributed by atoms with E-state index in [0.29, 0.717) is 30.4 Å². The molecule has 0 aliphatic carbocycles. The first-order valence-electron chi connectivity index (χ1n) is 11.3. The lowest BCUT2D eigenvalue weighted by Crippen LogP contribution is -2.39. The predicted octanol–water partition coefficient (Wildman–Crippen LogP) is 4.30. The number of rotatable bonds is 12. The summed E-state index contributed by atoms with van der Waals surface area (Å²) in [4.78, 5) is 12.8. The quantitative estimate of drug-likeness (QED) is 0.224. The zero-order valence-corrected chi connectivity index (χ0v) is 21.1. The van der Waals surface area contributed by atoms with Crippen molar-refractivity contribution in [3.05, 3.63) is 96.6 Å². The van der Waals surface area contributed by atoms with Gasteiger partial charge in [-0.25, -0.2) is 13.8 Å². The Hall–Kier alpha value is -4.11. The summed E-state index contributed by atoms with van der Waals surface area (Å²) in [5.41, 5.74) is 4.39. The molecule has 0 atom stereocenters. The van der Waals surface area contributed by atoms with Crippen LogP contribution >= 0.6 is 0 Å². The third-order valence-electron chi connectivity index (χ3n) is 4.98. The normalized spacial score (nSPS) is 11.2. The van der Waals surface area contributed by atoms with Crippen LogP contribution in [-0.4, -0.2) is 40.3 Å². The van der Waals surface area contributed by atoms with Crippen LogP contribution in [0.5, 0.6) is 11.5 Å². The molecule has 0 aromatic heterocycles. The van der Waals surface area contributed by atoms with Crippen molar-refractivity contribution in [3.63, 3.8) is 0 Å². The van der Waals surface area contributed by atoms with Crippen molar-refractivity contribution in [1.82, 2.24) is 5.43 Å². The fourth-order valence-corrected chi connectivity index (χ4v) is 4.60. The number of carbonyl (C=O) groups is 1. The molecule has 0 fully saturated rings. The van der Waals surface area contributed by atoms with E-state index in [-0.39, 0.29) is 4.90 Å². The van der Waals surface area contributed by atoms with Gasteiger partial charge in [-0.3, -0.25) is 9.10 Å². The third-order valence-corrected chi connectivity index (χ3v) is 6.77. The van der Waals surface area contributed by atoms with Crippen LogP contribution in [0.25, 0.3) is 0 Å². The molecule has 0 unspecified atom stereocenters. The second-order valence-corrected chi connectivity index (χ2v) is 9.58. The molecule has 36 heavy (non-hydrogen) atoms. The molecule has 0 heterocycles. The number of ether oxygens (including phenoxy) is 2. The molecule has 0 spiro atoms. The molecule has 9 heteroatoms. The number of amides is 1. The van der Waals surface area contributed by atoms with Crippen molar-refractivity contribution in [2.45, 2.75) is 18.7 Å². The van der Waals surface area contributed by atoms with Gasteiger partial charge >= 0.3 is 0 Å². The standard InChI is InChI=1S/C27H29N3O5S/c1-4-18-35-25-12-8-22(9-13-25)19-28-29-27(31)20-30(23-10-14-24(15-11-23)34-5-2)36(32,33)26-16-6-21(3)7-17-26/h4,6-17,19H,1,5,18,20H2,2-3H3,(H,29,31)/b28-19-. The average molecular weight is 508 g/mol. The van der Waals surface area contributed by atoms with Crippen LogP contribution in [0.1, 0.15) is 18.1 Å². The Morgan fingerprint density at radius 1 is 0.972 bits per heavy atom. The van der Waals surface area contributed by atoms with Gasteiger partial charge < -0.3 is 9.47 Å². The van der Waals surface area contributed by atoms with Gasteiger partial charge in [0.15, 0.2) is 0 Å². The zero-order valence-electron chi connectivity index (χ0n) is 20.3. The number of nitrogens with one attached hydrogen (secondary N) is 1. The highest BCUT2D eigenvalue weighted by Crippen LogP contribution is 2.26. The molecule has 0 radical (unpaired) electrons. The van der Waals surface area contributed by atoms with Crippen LogP contribution in [0.4, 0.5) is 5.69 Å². The van der Waals surface area contributed by atoms with Gasteiger partial charge in [-0.15, -0.1) is 0 Å². The number of hydrogen-bond acceptors (Lipinski definition) is 6. The van der Waals surface area contributed by atoms with Crippen LogP contribution in [0.3, 0.4) is 0 Å². The Bertz CT molecular complexity index is 1290. The smallest absolute Gasteiger partial charge is 0.264 e. The van der Waals surface area contributed by atoms with Crippen LogP contribution in [0.2, 0.25) is 0 Å². The van der Waals surface area contributed by atoms with E-state index in [1.54, 1.807) is 66.7 Å². The summed E-state index contributed by atoms with van der Waals surface area (Å²) < 4.78 is 38.8. The SMILES string of the molecule is C=CCOc1ccc(/C=N\NC(=O)CN(c2ccc(OCC)cc2)S(=O)(=O)c2ccc(C)cc2)cc1. The number of sulfonamides is 1. The largest absolute Gasteiger partial charge is 0.494 e. The Balaban J connectivity index is 1.77. The molecule has 1 amide bonds. The molecule has 0 aliphatic heterocycles. The average Bonchev–Trinajstić information content (AvgIpc) is 2.88. The lowest BCUT2D eigenvalue weighted by molar-refractivity contribution is -0.119. The second kappa shape index (κ2) is 12.6. The van der Waals surface area contributed by atoms with Gasteiger partial charge in [0.2, 0.25) is 0 Å². The van der Waals surface area contributed by atoms with Crippen molar-refractivity contribution in [3.8, 4) is 11.5 Å². The number of carbonyl (C=O) groups excluding carboxylic acids is 1. The van der Waals surface area contributed by atoms with Crippen molar-refractivity contribution >= 4 is 27.8 Å². The number of benzene rings is 3. The molecule has 0 bridgehead atoms. The lowest BCUT2D eigenvalue weighted by Gasteiger charge is -2.24. The summed E-state index contributed by atoms with van der Waals surface area (Å²) >= 11 is 0. The molecule has 3 rings (SSSR count). The van der Waals surface area contributed by atoms with E-state index >= 15 is 0 Å². The van der Waals surface area contributed by atoms with E-state index in [1.165, 1.54) is 18.3 Å². The maximum atomic E-state index is 13.5. The maximum absolute atomic E-state index is 13.5. The topological polar surface area (TPSA) is 97.3 Å². The fraction of sp³-hybridized carbons (Fsp3) is 0.185. The first kappa shape index (κ1) is 26.5. The summed E-state index contributed by atoms with van der Waals surface area (Å²) in [5.74, 6) is 0.689. The van der Waals surface area contributed by atoms with Gasteiger partial charge in [-0.1, -0.05) is 30.4 Å². The van der Waals surface area contributed by atoms with Crippen LogP contribution in [0.15, 0.2) is 95.4 Å². The van der Waals surface area contributed by atoms with Gasteiger partial charge in [0, 0.05) is 0 Å². The van der Waals surface area contributed by atoms with E-state index in [2.05, 4.69) is 17.1 Å². The first-order valence-corrected chi connectivity index (χ1v) is 12.8. The van der Waals surface area contributed by atoms with E-state index in [4.69, 9.17) is 9.47 Å². The van der Waals surface area contributed by atoms with E-state index < -0.39 is 22.5 Å². The van der Waals surface area contributed by atoms with Crippen LogP contribution < -0.4 is 19.2 Å². The summed E-state index contributed by atoms with van der Waals surface area (Å²) in [5, 5.41) is 3.96. The summed E-state index contributed by atoms with van der Waals surface area (Å²) in [6.07, 6.45) is 3.12. The number of hydrazone groups is 1. The number of nitrogens with zero attached hydrogens (tertiary/aromatic N) is 2. The van der Waals surface area contributed by atoms with Crippen LogP contribution in [-0.2, 0) is 14.8 Å². The molecule has 3 aromatic rings. The van der Waals surface area contributed by atoms with E-state index in [9.17, 15) is 13.2 Å². The van der Waals surface area contributed by atoms with E-state index in [1.807, 2.05) is 13.8 Å². The minimum Gasteiger partial charge on any atom is -0.494 e. The molecular weight excluding hydrogens is 478 g/mol. The van der Waals surface area contributed by atoms with Gasteiger partial charge in [0.1, 0.15) is 24.7 Å².